The SMILES string of the molecule is CC(C)(CC(O)(Cn1ccc(=O)c2ccccc21)C(F)(F)F)c1cccnc1. The molecular formula is C21H21F3N2O2. The highest BCUT2D eigenvalue weighted by molar-refractivity contribution is 5.78. The van der Waals surface area contributed by atoms with Gasteiger partial charge in [-0.15, -0.1) is 0 Å². The van der Waals surface area contributed by atoms with Crippen LogP contribution in [0.1, 0.15) is 25.8 Å². The molecule has 0 spiro atoms. The van der Waals surface area contributed by atoms with E-state index < -0.39 is 30.2 Å². The van der Waals surface area contributed by atoms with Crippen molar-refractivity contribution in [2.75, 3.05) is 0 Å². The van der Waals surface area contributed by atoms with Gasteiger partial charge in [0.25, 0.3) is 0 Å². The number of aliphatic hydroxyl groups is 1. The van der Waals surface area contributed by atoms with Crippen molar-refractivity contribution < 1.29 is 18.3 Å². The van der Waals surface area contributed by atoms with E-state index in [2.05, 4.69) is 4.98 Å². The van der Waals surface area contributed by atoms with Crippen LogP contribution in [0.3, 0.4) is 0 Å². The Bertz CT molecular complexity index is 1030. The first-order valence-corrected chi connectivity index (χ1v) is 8.81. The minimum atomic E-state index is -4.86. The summed E-state index contributed by atoms with van der Waals surface area (Å²) in [4.78, 5) is 16.0. The number of hydrogen-bond donors (Lipinski definition) is 1. The maximum atomic E-state index is 14.0. The minimum Gasteiger partial charge on any atom is -0.379 e. The molecule has 148 valence electrons. The van der Waals surface area contributed by atoms with Crippen molar-refractivity contribution in [1.82, 2.24) is 9.55 Å². The Morgan fingerprint density at radius 1 is 1.07 bits per heavy atom. The van der Waals surface area contributed by atoms with Crippen LogP contribution in [0.4, 0.5) is 13.2 Å². The normalized spacial score (nSPS) is 14.8. The first-order chi connectivity index (χ1) is 13.0. The fraction of sp³-hybridized carbons (Fsp3) is 0.333. The Hall–Kier alpha value is -2.67. The summed E-state index contributed by atoms with van der Waals surface area (Å²) >= 11 is 0. The summed E-state index contributed by atoms with van der Waals surface area (Å²) in [5.41, 5.74) is -3.31. The maximum absolute atomic E-state index is 14.0. The molecule has 3 rings (SSSR count). The monoisotopic (exact) mass is 390 g/mol. The molecule has 0 bridgehead atoms. The third-order valence-electron chi connectivity index (χ3n) is 5.02. The number of halogens is 3. The lowest BCUT2D eigenvalue weighted by Gasteiger charge is -2.38. The summed E-state index contributed by atoms with van der Waals surface area (Å²) in [5, 5.41) is 11.1. The van der Waals surface area contributed by atoms with Crippen LogP contribution in [0.25, 0.3) is 10.9 Å². The molecule has 1 N–H and O–H groups in total. The quantitative estimate of drug-likeness (QED) is 0.715. The lowest BCUT2D eigenvalue weighted by atomic mass is 9.75. The standard InChI is InChI=1S/C21H21F3N2O2/c1-19(2,15-6-5-10-25-12-15)13-20(28,21(22,23)24)14-26-11-9-18(27)16-7-3-4-8-17(16)26/h3-12,28H,13-14H2,1-2H3. The highest BCUT2D eigenvalue weighted by atomic mass is 19.4. The molecule has 4 nitrogen and oxygen atoms in total. The smallest absolute Gasteiger partial charge is 0.379 e. The number of fused-ring (bicyclic) bond motifs is 1. The Morgan fingerprint density at radius 3 is 2.43 bits per heavy atom. The zero-order valence-electron chi connectivity index (χ0n) is 15.6. The van der Waals surface area contributed by atoms with Crippen LogP contribution in [0, 0.1) is 0 Å². The van der Waals surface area contributed by atoms with Gasteiger partial charge in [-0.25, -0.2) is 0 Å². The Labute approximate surface area is 160 Å². The van der Waals surface area contributed by atoms with Crippen LogP contribution in [-0.4, -0.2) is 26.4 Å². The third-order valence-corrected chi connectivity index (χ3v) is 5.02. The summed E-state index contributed by atoms with van der Waals surface area (Å²) in [6.07, 6.45) is -1.08. The molecule has 0 aliphatic rings. The number of benzene rings is 1. The molecule has 28 heavy (non-hydrogen) atoms. The van der Waals surface area contributed by atoms with Gasteiger partial charge in [0.15, 0.2) is 11.0 Å². The Balaban J connectivity index is 2.04. The summed E-state index contributed by atoms with van der Waals surface area (Å²) in [6, 6.07) is 11.0. The minimum absolute atomic E-state index is 0.280. The fourth-order valence-corrected chi connectivity index (χ4v) is 3.52. The molecule has 1 aromatic carbocycles. The number of aromatic nitrogens is 2. The molecule has 0 radical (unpaired) electrons. The number of para-hydroxylation sites is 1. The van der Waals surface area contributed by atoms with Crippen molar-refractivity contribution in [3.05, 3.63) is 76.8 Å². The first-order valence-electron chi connectivity index (χ1n) is 8.81. The van der Waals surface area contributed by atoms with Crippen LogP contribution in [0.2, 0.25) is 0 Å². The van der Waals surface area contributed by atoms with E-state index in [9.17, 15) is 23.1 Å². The van der Waals surface area contributed by atoms with Gasteiger partial charge in [0.05, 0.1) is 12.1 Å². The number of hydrogen-bond acceptors (Lipinski definition) is 3. The van der Waals surface area contributed by atoms with Crippen LogP contribution in [0.15, 0.2) is 65.8 Å². The topological polar surface area (TPSA) is 55.1 Å². The third kappa shape index (κ3) is 3.80. The lowest BCUT2D eigenvalue weighted by molar-refractivity contribution is -0.271. The fourth-order valence-electron chi connectivity index (χ4n) is 3.52. The molecule has 1 atom stereocenters. The molecule has 7 heteroatoms. The van der Waals surface area contributed by atoms with Crippen LogP contribution in [-0.2, 0) is 12.0 Å². The van der Waals surface area contributed by atoms with E-state index in [1.165, 1.54) is 23.0 Å². The second kappa shape index (κ2) is 7.05. The van der Waals surface area contributed by atoms with Gasteiger partial charge < -0.3 is 9.67 Å². The molecule has 1 unspecified atom stereocenters. The molecule has 0 saturated heterocycles. The molecule has 0 aliphatic carbocycles. The average molecular weight is 390 g/mol. The molecule has 2 aromatic heterocycles. The second-order valence-electron chi connectivity index (χ2n) is 7.66. The highest BCUT2D eigenvalue weighted by Gasteiger charge is 2.56. The summed E-state index contributed by atoms with van der Waals surface area (Å²) < 4.78 is 43.2. The van der Waals surface area contributed by atoms with Gasteiger partial charge in [0, 0.05) is 30.0 Å². The van der Waals surface area contributed by atoms with Crippen molar-refractivity contribution in [1.29, 1.82) is 0 Å². The largest absolute Gasteiger partial charge is 0.418 e. The van der Waals surface area contributed by atoms with E-state index in [1.54, 1.807) is 56.4 Å². The van der Waals surface area contributed by atoms with Gasteiger partial charge in [0.1, 0.15) is 0 Å². The summed E-state index contributed by atoms with van der Waals surface area (Å²) in [6.45, 7) is 2.56. The van der Waals surface area contributed by atoms with Crippen LogP contribution >= 0.6 is 0 Å². The van der Waals surface area contributed by atoms with E-state index >= 15 is 0 Å². The van der Waals surface area contributed by atoms with Gasteiger partial charge in [0.2, 0.25) is 0 Å². The van der Waals surface area contributed by atoms with E-state index in [1.807, 2.05) is 0 Å². The number of pyridine rings is 2. The molecule has 0 amide bonds. The maximum Gasteiger partial charge on any atom is 0.418 e. The van der Waals surface area contributed by atoms with Gasteiger partial charge in [-0.3, -0.25) is 9.78 Å². The molecular weight excluding hydrogens is 369 g/mol. The first kappa shape index (κ1) is 20.1. The molecule has 0 fully saturated rings. The van der Waals surface area contributed by atoms with E-state index in [0.29, 0.717) is 16.5 Å². The number of alkyl halides is 3. The molecule has 3 aromatic rings. The summed E-state index contributed by atoms with van der Waals surface area (Å²) in [5.74, 6) is 0. The Kier molecular flexibility index (Phi) is 5.06. The number of nitrogens with zero attached hydrogens (tertiary/aromatic N) is 2. The van der Waals surface area contributed by atoms with Gasteiger partial charge in [-0.05, 0) is 35.6 Å². The van der Waals surface area contributed by atoms with Gasteiger partial charge in [-0.2, -0.15) is 13.2 Å². The van der Waals surface area contributed by atoms with Crippen molar-refractivity contribution >= 4 is 10.9 Å². The van der Waals surface area contributed by atoms with Crippen molar-refractivity contribution in [3.63, 3.8) is 0 Å². The van der Waals surface area contributed by atoms with E-state index in [4.69, 9.17) is 0 Å². The predicted octanol–water partition coefficient (Wildman–Crippen LogP) is 4.06. The van der Waals surface area contributed by atoms with Crippen molar-refractivity contribution in [2.24, 2.45) is 0 Å². The van der Waals surface area contributed by atoms with E-state index in [0.717, 1.165) is 0 Å². The van der Waals surface area contributed by atoms with Crippen molar-refractivity contribution in [2.45, 2.75) is 44.0 Å². The van der Waals surface area contributed by atoms with Gasteiger partial charge >= 0.3 is 6.18 Å². The zero-order chi connectivity index (χ0) is 20.6. The van der Waals surface area contributed by atoms with Gasteiger partial charge in [-0.1, -0.05) is 32.0 Å². The lowest BCUT2D eigenvalue weighted by Crippen LogP contribution is -2.52. The van der Waals surface area contributed by atoms with Crippen molar-refractivity contribution in [3.8, 4) is 0 Å². The van der Waals surface area contributed by atoms with Crippen LogP contribution < -0.4 is 5.43 Å². The molecule has 0 saturated carbocycles. The van der Waals surface area contributed by atoms with Crippen LogP contribution in [0.5, 0.6) is 0 Å². The number of rotatable bonds is 5. The highest BCUT2D eigenvalue weighted by Crippen LogP contribution is 2.42. The molecule has 0 aliphatic heterocycles. The predicted molar refractivity (Wildman–Crippen MR) is 101 cm³/mol. The second-order valence-corrected chi connectivity index (χ2v) is 7.66. The van der Waals surface area contributed by atoms with E-state index in [-0.39, 0.29) is 5.43 Å². The summed E-state index contributed by atoms with van der Waals surface area (Å²) in [7, 11) is 0. The Morgan fingerprint density at radius 2 is 1.79 bits per heavy atom. The average Bonchev–Trinajstić information content (AvgIpc) is 2.64. The zero-order valence-corrected chi connectivity index (χ0v) is 15.6. The molecule has 2 heterocycles.